The van der Waals surface area contributed by atoms with Crippen LogP contribution in [0.1, 0.15) is 50.8 Å². The first-order valence-electron chi connectivity index (χ1n) is 5.71. The Morgan fingerprint density at radius 2 is 2.13 bits per heavy atom. The van der Waals surface area contributed by atoms with Crippen LogP contribution >= 0.6 is 0 Å². The van der Waals surface area contributed by atoms with Crippen LogP contribution in [-0.4, -0.2) is 21.5 Å². The fraction of sp³-hybridized carbons (Fsp3) is 0.750. The van der Waals surface area contributed by atoms with Crippen molar-refractivity contribution < 1.29 is 5.11 Å². The number of hydrogen-bond donors (Lipinski definition) is 1. The molecule has 3 nitrogen and oxygen atoms in total. The molecule has 2 rings (SSSR count). The largest absolute Gasteiger partial charge is 0.394 e. The van der Waals surface area contributed by atoms with Gasteiger partial charge >= 0.3 is 0 Å². The van der Waals surface area contributed by atoms with E-state index in [4.69, 9.17) is 5.11 Å². The first-order valence-corrected chi connectivity index (χ1v) is 5.71. The molecule has 1 aromatic rings. The van der Waals surface area contributed by atoms with Gasteiger partial charge in [-0.15, -0.1) is 0 Å². The molecule has 0 unspecified atom stereocenters. The number of aliphatic hydroxyl groups is 1. The van der Waals surface area contributed by atoms with E-state index >= 15 is 0 Å². The normalized spacial score (nSPS) is 17.1. The van der Waals surface area contributed by atoms with E-state index in [9.17, 15) is 0 Å². The molecule has 1 aliphatic carbocycles. The number of nitrogens with zero attached hydrogens (tertiary/aromatic N) is 2. The summed E-state index contributed by atoms with van der Waals surface area (Å²) in [6, 6.07) is 0. The Bertz CT molecular complexity index is 345. The molecule has 0 aromatic carbocycles. The highest BCUT2D eigenvalue weighted by Crippen LogP contribution is 2.44. The highest BCUT2D eigenvalue weighted by atomic mass is 16.3. The molecule has 0 amide bonds. The molecular formula is C12H20N2O. The molecule has 0 saturated heterocycles. The zero-order chi connectivity index (χ0) is 11.1. The second-order valence-corrected chi connectivity index (χ2v) is 5.41. The smallest absolute Gasteiger partial charge is 0.0644 e. The highest BCUT2D eigenvalue weighted by Gasteiger charge is 2.33. The third-order valence-electron chi connectivity index (χ3n) is 2.96. The Hall–Kier alpha value is -0.830. The van der Waals surface area contributed by atoms with E-state index in [0.29, 0.717) is 12.5 Å². The monoisotopic (exact) mass is 208 g/mol. The maximum Gasteiger partial charge on any atom is 0.0644 e. The molecule has 1 aromatic heterocycles. The summed E-state index contributed by atoms with van der Waals surface area (Å²) in [5.74, 6) is 0.688. The average Bonchev–Trinajstić information content (AvgIpc) is 2.87. The summed E-state index contributed by atoms with van der Waals surface area (Å²) in [6.07, 6.45) is 4.53. The van der Waals surface area contributed by atoms with Crippen LogP contribution in [0.15, 0.2) is 6.20 Å². The van der Waals surface area contributed by atoms with Crippen molar-refractivity contribution in [1.29, 1.82) is 0 Å². The van der Waals surface area contributed by atoms with Crippen molar-refractivity contribution in [3.63, 3.8) is 0 Å². The third kappa shape index (κ3) is 2.07. The Kier molecular flexibility index (Phi) is 2.59. The van der Waals surface area contributed by atoms with Crippen LogP contribution in [0, 0.1) is 0 Å². The summed E-state index contributed by atoms with van der Waals surface area (Å²) < 4.78 is 1.98. The molecule has 0 atom stereocenters. The number of rotatable bonds is 3. The van der Waals surface area contributed by atoms with Crippen molar-refractivity contribution >= 4 is 0 Å². The molecule has 3 heteroatoms. The molecule has 84 valence electrons. The maximum atomic E-state index is 9.00. The maximum absolute atomic E-state index is 9.00. The van der Waals surface area contributed by atoms with Crippen LogP contribution in [0.3, 0.4) is 0 Å². The second kappa shape index (κ2) is 3.63. The van der Waals surface area contributed by atoms with Gasteiger partial charge in [0.25, 0.3) is 0 Å². The van der Waals surface area contributed by atoms with Gasteiger partial charge in [-0.1, -0.05) is 20.8 Å². The first-order chi connectivity index (χ1) is 7.04. The number of aromatic nitrogens is 2. The van der Waals surface area contributed by atoms with Crippen LogP contribution < -0.4 is 0 Å². The van der Waals surface area contributed by atoms with Crippen LogP contribution in [0.25, 0.3) is 0 Å². The van der Waals surface area contributed by atoms with Crippen molar-refractivity contribution in [3.05, 3.63) is 17.5 Å². The summed E-state index contributed by atoms with van der Waals surface area (Å²) in [7, 11) is 0. The Labute approximate surface area is 91.1 Å². The van der Waals surface area contributed by atoms with Crippen LogP contribution in [-0.2, 0) is 12.0 Å². The van der Waals surface area contributed by atoms with Crippen molar-refractivity contribution in [2.24, 2.45) is 0 Å². The quantitative estimate of drug-likeness (QED) is 0.825. The second-order valence-electron chi connectivity index (χ2n) is 5.41. The lowest BCUT2D eigenvalue weighted by atomic mass is 9.86. The van der Waals surface area contributed by atoms with E-state index in [0.717, 1.165) is 0 Å². The average molecular weight is 208 g/mol. The van der Waals surface area contributed by atoms with Gasteiger partial charge in [-0.2, -0.15) is 5.10 Å². The Morgan fingerprint density at radius 1 is 1.47 bits per heavy atom. The van der Waals surface area contributed by atoms with Gasteiger partial charge in [0.2, 0.25) is 0 Å². The van der Waals surface area contributed by atoms with Crippen molar-refractivity contribution in [2.75, 3.05) is 6.61 Å². The standard InChI is InChI=1S/C12H20N2O/c1-12(2,3)10-8-13-14(6-7-15)11(10)9-4-5-9/h8-9,15H,4-7H2,1-3H3. The van der Waals surface area contributed by atoms with Crippen LogP contribution in [0.2, 0.25) is 0 Å². The van der Waals surface area contributed by atoms with Gasteiger partial charge in [-0.3, -0.25) is 4.68 Å². The summed E-state index contributed by atoms with van der Waals surface area (Å²) in [4.78, 5) is 0. The molecule has 1 N–H and O–H groups in total. The SMILES string of the molecule is CC(C)(C)c1cnn(CCO)c1C1CC1. The lowest BCUT2D eigenvalue weighted by Crippen LogP contribution is -2.15. The minimum Gasteiger partial charge on any atom is -0.394 e. The first kappa shape index (κ1) is 10.7. The molecule has 0 bridgehead atoms. The van der Waals surface area contributed by atoms with E-state index in [1.165, 1.54) is 24.1 Å². The Morgan fingerprint density at radius 3 is 2.60 bits per heavy atom. The molecule has 1 heterocycles. The van der Waals surface area contributed by atoms with E-state index in [1.807, 2.05) is 10.9 Å². The molecule has 0 spiro atoms. The lowest BCUT2D eigenvalue weighted by molar-refractivity contribution is 0.267. The predicted octanol–water partition coefficient (Wildman–Crippen LogP) is 2.05. The van der Waals surface area contributed by atoms with E-state index in [2.05, 4.69) is 25.9 Å². The fourth-order valence-corrected chi connectivity index (χ4v) is 2.03. The van der Waals surface area contributed by atoms with Crippen molar-refractivity contribution in [1.82, 2.24) is 9.78 Å². The molecule has 0 radical (unpaired) electrons. The summed E-state index contributed by atoms with van der Waals surface area (Å²) >= 11 is 0. The summed E-state index contributed by atoms with van der Waals surface area (Å²) in [6.45, 7) is 7.46. The molecular weight excluding hydrogens is 188 g/mol. The van der Waals surface area contributed by atoms with Gasteiger partial charge in [0.05, 0.1) is 19.3 Å². The van der Waals surface area contributed by atoms with Gasteiger partial charge in [-0.05, 0) is 23.8 Å². The van der Waals surface area contributed by atoms with Gasteiger partial charge < -0.3 is 5.11 Å². The molecule has 1 saturated carbocycles. The molecule has 1 aliphatic rings. The minimum absolute atomic E-state index is 0.158. The molecule has 15 heavy (non-hydrogen) atoms. The van der Waals surface area contributed by atoms with E-state index < -0.39 is 0 Å². The van der Waals surface area contributed by atoms with Gasteiger partial charge in [0.1, 0.15) is 0 Å². The van der Waals surface area contributed by atoms with Gasteiger partial charge in [-0.25, -0.2) is 0 Å². The molecule has 1 fully saturated rings. The van der Waals surface area contributed by atoms with Gasteiger partial charge in [0.15, 0.2) is 0 Å². The third-order valence-corrected chi connectivity index (χ3v) is 2.96. The van der Waals surface area contributed by atoms with Gasteiger partial charge in [0, 0.05) is 11.6 Å². The van der Waals surface area contributed by atoms with Crippen LogP contribution in [0.4, 0.5) is 0 Å². The zero-order valence-electron chi connectivity index (χ0n) is 9.82. The predicted molar refractivity (Wildman–Crippen MR) is 60.0 cm³/mol. The highest BCUT2D eigenvalue weighted by molar-refractivity contribution is 5.31. The topological polar surface area (TPSA) is 38.0 Å². The fourth-order valence-electron chi connectivity index (χ4n) is 2.03. The lowest BCUT2D eigenvalue weighted by Gasteiger charge is -2.19. The van der Waals surface area contributed by atoms with E-state index in [-0.39, 0.29) is 12.0 Å². The summed E-state index contributed by atoms with van der Waals surface area (Å²) in [5, 5.41) is 13.4. The van der Waals surface area contributed by atoms with E-state index in [1.54, 1.807) is 0 Å². The summed E-state index contributed by atoms with van der Waals surface area (Å²) in [5.41, 5.74) is 2.86. The number of aliphatic hydroxyl groups excluding tert-OH is 1. The van der Waals surface area contributed by atoms with Crippen molar-refractivity contribution in [3.8, 4) is 0 Å². The van der Waals surface area contributed by atoms with Crippen molar-refractivity contribution in [2.45, 2.75) is 51.5 Å². The zero-order valence-corrected chi connectivity index (χ0v) is 9.82. The minimum atomic E-state index is 0.158. The Balaban J connectivity index is 2.38. The molecule has 0 aliphatic heterocycles. The number of hydrogen-bond acceptors (Lipinski definition) is 2. The van der Waals surface area contributed by atoms with Crippen LogP contribution in [0.5, 0.6) is 0 Å².